The Kier molecular flexibility index (Phi) is 6.05. The van der Waals surface area contributed by atoms with Gasteiger partial charge >= 0.3 is 5.97 Å². The monoisotopic (exact) mass is 476 g/mol. The molecule has 1 aromatic carbocycles. The molecule has 0 saturated carbocycles. The Hall–Kier alpha value is -2.42. The number of allylic oxidation sites excluding steroid dienone is 2. The van der Waals surface area contributed by atoms with E-state index in [4.69, 9.17) is 11.6 Å². The summed E-state index contributed by atoms with van der Waals surface area (Å²) in [6.45, 7) is 1.86. The van der Waals surface area contributed by atoms with Gasteiger partial charge in [-0.15, -0.1) is 11.8 Å². The smallest absolute Gasteiger partial charge is 0.323 e. The largest absolute Gasteiger partial charge is 0.480 e. The van der Waals surface area contributed by atoms with E-state index >= 15 is 0 Å². The Balaban J connectivity index is 1.69. The Morgan fingerprint density at radius 1 is 1.29 bits per heavy atom. The van der Waals surface area contributed by atoms with Crippen molar-refractivity contribution in [3.8, 4) is 11.1 Å². The Morgan fingerprint density at radius 3 is 2.77 bits per heavy atom. The van der Waals surface area contributed by atoms with Gasteiger partial charge in [-0.05, 0) is 36.4 Å². The Bertz CT molecular complexity index is 1320. The van der Waals surface area contributed by atoms with E-state index in [2.05, 4.69) is 6.92 Å². The van der Waals surface area contributed by atoms with Crippen LogP contribution in [0.3, 0.4) is 0 Å². The van der Waals surface area contributed by atoms with Gasteiger partial charge in [0.25, 0.3) is 0 Å². The first-order valence-electron chi connectivity index (χ1n) is 9.73. The Morgan fingerprint density at radius 2 is 2.10 bits per heavy atom. The second-order valence-corrected chi connectivity index (χ2v) is 11.0. The fraction of sp³-hybridized carbons (Fsp3) is 0.227. The van der Waals surface area contributed by atoms with Crippen LogP contribution < -0.4 is 0 Å². The highest BCUT2D eigenvalue weighted by Crippen LogP contribution is 2.34. The average Bonchev–Trinajstić information content (AvgIpc) is 3.34. The van der Waals surface area contributed by atoms with Crippen molar-refractivity contribution in [1.29, 1.82) is 0 Å². The maximum Gasteiger partial charge on any atom is 0.323 e. The third kappa shape index (κ3) is 4.33. The standard InChI is InChI=1S/C22H21ClN2O4S2/c1-2-30-17-4-6-18(7-5-17)31(28,29)25-10-9-15(12-25)20-13-24(14-22(26)27)21-8-3-16(23)11-19(20)21/h3-6,8-13,18H,2,7,14H2,1H3,(H,26,27). The van der Waals surface area contributed by atoms with Crippen LogP contribution in [0.5, 0.6) is 0 Å². The minimum absolute atomic E-state index is 0.200. The van der Waals surface area contributed by atoms with Crippen LogP contribution in [-0.4, -0.2) is 39.0 Å². The molecule has 2 aromatic heterocycles. The van der Waals surface area contributed by atoms with Gasteiger partial charge in [0.2, 0.25) is 10.0 Å². The zero-order valence-electron chi connectivity index (χ0n) is 16.7. The lowest BCUT2D eigenvalue weighted by molar-refractivity contribution is -0.137. The fourth-order valence-corrected chi connectivity index (χ4v) is 6.02. The molecule has 0 aliphatic heterocycles. The van der Waals surface area contributed by atoms with Gasteiger partial charge < -0.3 is 9.67 Å². The average molecular weight is 477 g/mol. The molecule has 31 heavy (non-hydrogen) atoms. The quantitative estimate of drug-likeness (QED) is 0.519. The third-order valence-electron chi connectivity index (χ3n) is 5.14. The van der Waals surface area contributed by atoms with Crippen molar-refractivity contribution < 1.29 is 18.3 Å². The Labute approximate surface area is 189 Å². The number of fused-ring (bicyclic) bond motifs is 1. The molecule has 1 atom stereocenters. The molecule has 2 heterocycles. The number of carboxylic acids is 1. The minimum atomic E-state index is -3.61. The van der Waals surface area contributed by atoms with Gasteiger partial charge in [-0.1, -0.05) is 36.8 Å². The predicted molar refractivity (Wildman–Crippen MR) is 126 cm³/mol. The van der Waals surface area contributed by atoms with E-state index in [1.807, 2.05) is 12.2 Å². The zero-order valence-corrected chi connectivity index (χ0v) is 19.1. The molecule has 3 aromatic rings. The molecule has 0 radical (unpaired) electrons. The summed E-state index contributed by atoms with van der Waals surface area (Å²) < 4.78 is 29.1. The minimum Gasteiger partial charge on any atom is -0.480 e. The van der Waals surface area contributed by atoms with Gasteiger partial charge in [0.1, 0.15) is 11.8 Å². The molecule has 162 valence electrons. The molecule has 0 spiro atoms. The molecular formula is C22H21ClN2O4S2. The van der Waals surface area contributed by atoms with Gasteiger partial charge in [-0.2, -0.15) is 0 Å². The summed E-state index contributed by atoms with van der Waals surface area (Å²) in [5.74, 6) is -0.0232. The number of aromatic nitrogens is 2. The molecular weight excluding hydrogens is 456 g/mol. The van der Waals surface area contributed by atoms with Gasteiger partial charge in [-0.3, -0.25) is 8.77 Å². The summed E-state index contributed by atoms with van der Waals surface area (Å²) in [5, 5.41) is 9.89. The van der Waals surface area contributed by atoms with Gasteiger partial charge in [0.05, 0.1) is 0 Å². The third-order valence-corrected chi connectivity index (χ3v) is 8.23. The number of aliphatic carboxylic acids is 1. The van der Waals surface area contributed by atoms with Crippen LogP contribution in [0.2, 0.25) is 5.02 Å². The molecule has 0 fully saturated rings. The van der Waals surface area contributed by atoms with Gasteiger partial charge in [-0.25, -0.2) is 8.42 Å². The maximum atomic E-state index is 13.1. The van der Waals surface area contributed by atoms with Crippen molar-refractivity contribution in [2.45, 2.75) is 25.1 Å². The molecule has 0 bridgehead atoms. The summed E-state index contributed by atoms with van der Waals surface area (Å²) in [6, 6.07) is 6.95. The molecule has 9 heteroatoms. The molecule has 4 rings (SSSR count). The van der Waals surface area contributed by atoms with Gasteiger partial charge in [0.15, 0.2) is 0 Å². The normalized spacial score (nSPS) is 16.6. The maximum absolute atomic E-state index is 13.1. The predicted octanol–water partition coefficient (Wildman–Crippen LogP) is 4.99. The number of carboxylic acid groups (broad SMARTS) is 1. The van der Waals surface area contributed by atoms with Crippen molar-refractivity contribution >= 4 is 50.3 Å². The molecule has 1 unspecified atom stereocenters. The summed E-state index contributed by atoms with van der Waals surface area (Å²) in [6.07, 6.45) is 10.8. The first-order chi connectivity index (χ1) is 14.8. The van der Waals surface area contributed by atoms with E-state index < -0.39 is 21.2 Å². The van der Waals surface area contributed by atoms with Crippen LogP contribution in [-0.2, 0) is 21.4 Å². The second-order valence-electron chi connectivity index (χ2n) is 7.17. The van der Waals surface area contributed by atoms with E-state index in [-0.39, 0.29) is 6.54 Å². The number of carbonyl (C=O) groups is 1. The van der Waals surface area contributed by atoms with Crippen molar-refractivity contribution in [3.63, 3.8) is 0 Å². The van der Waals surface area contributed by atoms with Crippen LogP contribution in [0.1, 0.15) is 13.3 Å². The second kappa shape index (κ2) is 8.61. The fourth-order valence-electron chi connectivity index (χ4n) is 3.70. The van der Waals surface area contributed by atoms with E-state index in [1.165, 1.54) is 10.2 Å². The number of hydrogen-bond acceptors (Lipinski definition) is 4. The van der Waals surface area contributed by atoms with Gasteiger partial charge in [0, 0.05) is 50.5 Å². The van der Waals surface area contributed by atoms with Crippen molar-refractivity contribution in [3.05, 3.63) is 71.0 Å². The van der Waals surface area contributed by atoms with Crippen LogP contribution in [0, 0.1) is 0 Å². The van der Waals surface area contributed by atoms with Crippen LogP contribution in [0.15, 0.2) is 66.0 Å². The highest BCUT2D eigenvalue weighted by Gasteiger charge is 2.26. The van der Waals surface area contributed by atoms with Crippen LogP contribution in [0.4, 0.5) is 0 Å². The number of benzene rings is 1. The summed E-state index contributed by atoms with van der Waals surface area (Å²) >= 11 is 7.85. The van der Waals surface area contributed by atoms with E-state index in [0.29, 0.717) is 17.0 Å². The SMILES string of the molecule is CCSC1=CCC(S(=O)(=O)n2ccc(-c3cn(CC(=O)O)c4ccc(Cl)cc34)c2)C=C1. The summed E-state index contributed by atoms with van der Waals surface area (Å²) in [5.41, 5.74) is 2.13. The number of thioether (sulfide) groups is 1. The van der Waals surface area contributed by atoms with E-state index in [0.717, 1.165) is 27.1 Å². The highest BCUT2D eigenvalue weighted by atomic mass is 35.5. The number of hydrogen-bond donors (Lipinski definition) is 1. The highest BCUT2D eigenvalue weighted by molar-refractivity contribution is 8.03. The lowest BCUT2D eigenvalue weighted by Crippen LogP contribution is -2.25. The molecule has 1 aliphatic carbocycles. The van der Waals surface area contributed by atoms with Crippen molar-refractivity contribution in [2.75, 3.05) is 5.75 Å². The molecule has 6 nitrogen and oxygen atoms in total. The lowest BCUT2D eigenvalue weighted by atomic mass is 10.1. The molecule has 0 saturated heterocycles. The summed E-state index contributed by atoms with van der Waals surface area (Å²) in [4.78, 5) is 12.3. The zero-order chi connectivity index (χ0) is 22.2. The topological polar surface area (TPSA) is 81.3 Å². The van der Waals surface area contributed by atoms with E-state index in [9.17, 15) is 18.3 Å². The number of nitrogens with zero attached hydrogens (tertiary/aromatic N) is 2. The van der Waals surface area contributed by atoms with Crippen molar-refractivity contribution in [2.24, 2.45) is 0 Å². The van der Waals surface area contributed by atoms with Crippen LogP contribution >= 0.6 is 23.4 Å². The summed E-state index contributed by atoms with van der Waals surface area (Å²) in [7, 11) is -3.61. The van der Waals surface area contributed by atoms with E-state index in [1.54, 1.807) is 59.1 Å². The first-order valence-corrected chi connectivity index (χ1v) is 12.6. The van der Waals surface area contributed by atoms with Crippen LogP contribution in [0.25, 0.3) is 22.0 Å². The number of halogens is 1. The molecule has 0 amide bonds. The molecule has 1 aliphatic rings. The first kappa shape index (κ1) is 21.8. The van der Waals surface area contributed by atoms with Crippen molar-refractivity contribution in [1.82, 2.24) is 8.54 Å². The lowest BCUT2D eigenvalue weighted by Gasteiger charge is -2.17. The molecule has 1 N–H and O–H groups in total. The number of rotatable bonds is 7.